The molecule has 2 heterocycles. The second-order valence-corrected chi connectivity index (χ2v) is 5.88. The number of anilines is 2. The van der Waals surface area contributed by atoms with Crippen molar-refractivity contribution in [3.8, 4) is 0 Å². The molecule has 2 N–H and O–H groups in total. The molecule has 0 aliphatic heterocycles. The molecule has 1 fully saturated rings. The molecular weight excluding hydrogens is 294 g/mol. The first-order chi connectivity index (χ1) is 11.2. The number of nitrogens with one attached hydrogen (secondary N) is 2. The normalized spacial score (nSPS) is 15.9. The second kappa shape index (κ2) is 7.21. The van der Waals surface area contributed by atoms with Crippen LogP contribution in [-0.2, 0) is 0 Å². The van der Waals surface area contributed by atoms with Crippen LogP contribution in [0.4, 0.5) is 11.8 Å². The molecule has 7 heteroatoms. The van der Waals surface area contributed by atoms with Crippen LogP contribution in [-0.4, -0.2) is 27.1 Å². The highest BCUT2D eigenvalue weighted by atomic mass is 16.5. The Kier molecular flexibility index (Phi) is 4.85. The van der Waals surface area contributed by atoms with Gasteiger partial charge in [-0.3, -0.25) is 4.79 Å². The van der Waals surface area contributed by atoms with E-state index in [-0.39, 0.29) is 5.91 Å². The number of amides is 1. The fourth-order valence-corrected chi connectivity index (χ4v) is 2.77. The minimum absolute atomic E-state index is 0.303. The topological polar surface area (TPSA) is 92.9 Å². The molecule has 1 aliphatic rings. The molecule has 2 aromatic rings. The van der Waals surface area contributed by atoms with Crippen molar-refractivity contribution >= 4 is 17.7 Å². The van der Waals surface area contributed by atoms with Crippen molar-refractivity contribution in [2.75, 3.05) is 10.6 Å². The number of rotatable bonds is 4. The number of aryl methyl sites for hydroxylation is 1. The number of aromatic nitrogens is 3. The number of hydrogen-bond acceptors (Lipinski definition) is 6. The molecular formula is C16H21N5O2. The van der Waals surface area contributed by atoms with Crippen LogP contribution in [0.2, 0.25) is 0 Å². The molecule has 0 atom stereocenters. The summed E-state index contributed by atoms with van der Waals surface area (Å²) in [5, 5.41) is 9.75. The SMILES string of the molecule is Cc1cc(NC(=O)c2ccnc(NC3CCCCCC3)n2)no1. The Labute approximate surface area is 134 Å². The van der Waals surface area contributed by atoms with E-state index in [0.29, 0.717) is 29.3 Å². The fraction of sp³-hybridized carbons (Fsp3) is 0.500. The molecule has 0 aromatic carbocycles. The zero-order valence-electron chi connectivity index (χ0n) is 13.2. The summed E-state index contributed by atoms with van der Waals surface area (Å²) >= 11 is 0. The first-order valence-electron chi connectivity index (χ1n) is 8.05. The van der Waals surface area contributed by atoms with Crippen LogP contribution in [0.25, 0.3) is 0 Å². The highest BCUT2D eigenvalue weighted by molar-refractivity contribution is 6.02. The predicted molar refractivity (Wildman–Crippen MR) is 86.3 cm³/mol. The maximum absolute atomic E-state index is 12.2. The molecule has 0 unspecified atom stereocenters. The number of carbonyl (C=O) groups excluding carboxylic acids is 1. The summed E-state index contributed by atoms with van der Waals surface area (Å²) in [6.07, 6.45) is 8.87. The van der Waals surface area contributed by atoms with Gasteiger partial charge in [0, 0.05) is 18.3 Å². The Hall–Kier alpha value is -2.44. The highest BCUT2D eigenvalue weighted by Gasteiger charge is 2.15. The third-order valence-electron chi connectivity index (χ3n) is 3.95. The van der Waals surface area contributed by atoms with Crippen molar-refractivity contribution in [2.45, 2.75) is 51.5 Å². The van der Waals surface area contributed by atoms with Gasteiger partial charge in [-0.25, -0.2) is 9.97 Å². The Morgan fingerprint density at radius 2 is 2.04 bits per heavy atom. The van der Waals surface area contributed by atoms with E-state index < -0.39 is 0 Å². The zero-order chi connectivity index (χ0) is 16.1. The summed E-state index contributed by atoms with van der Waals surface area (Å²) in [7, 11) is 0. The van der Waals surface area contributed by atoms with Crippen LogP contribution >= 0.6 is 0 Å². The largest absolute Gasteiger partial charge is 0.360 e. The van der Waals surface area contributed by atoms with Crippen LogP contribution in [0.3, 0.4) is 0 Å². The summed E-state index contributed by atoms with van der Waals surface area (Å²) in [6, 6.07) is 3.62. The summed E-state index contributed by atoms with van der Waals surface area (Å²) in [6.45, 7) is 1.77. The van der Waals surface area contributed by atoms with Gasteiger partial charge in [0.15, 0.2) is 5.82 Å². The van der Waals surface area contributed by atoms with E-state index in [0.717, 1.165) is 12.8 Å². The first kappa shape index (κ1) is 15.5. The molecule has 0 spiro atoms. The van der Waals surface area contributed by atoms with E-state index in [1.54, 1.807) is 25.3 Å². The summed E-state index contributed by atoms with van der Waals surface area (Å²) in [5.74, 6) is 1.19. The molecule has 1 amide bonds. The molecule has 0 radical (unpaired) electrons. The average molecular weight is 315 g/mol. The van der Waals surface area contributed by atoms with E-state index in [9.17, 15) is 4.79 Å². The lowest BCUT2D eigenvalue weighted by Gasteiger charge is -2.16. The smallest absolute Gasteiger partial charge is 0.275 e. The summed E-state index contributed by atoms with van der Waals surface area (Å²) < 4.78 is 4.93. The van der Waals surface area contributed by atoms with E-state index in [4.69, 9.17) is 4.52 Å². The molecule has 0 bridgehead atoms. The lowest BCUT2D eigenvalue weighted by molar-refractivity contribution is 0.102. The summed E-state index contributed by atoms with van der Waals surface area (Å²) in [5.41, 5.74) is 0.303. The average Bonchev–Trinajstić information content (AvgIpc) is 2.79. The Morgan fingerprint density at radius 3 is 2.74 bits per heavy atom. The zero-order valence-corrected chi connectivity index (χ0v) is 13.2. The number of hydrogen-bond donors (Lipinski definition) is 2. The van der Waals surface area contributed by atoms with Crippen LogP contribution in [0, 0.1) is 6.92 Å². The molecule has 23 heavy (non-hydrogen) atoms. The van der Waals surface area contributed by atoms with Crippen molar-refractivity contribution in [2.24, 2.45) is 0 Å². The molecule has 7 nitrogen and oxygen atoms in total. The van der Waals surface area contributed by atoms with Crippen LogP contribution < -0.4 is 10.6 Å². The summed E-state index contributed by atoms with van der Waals surface area (Å²) in [4.78, 5) is 20.7. The van der Waals surface area contributed by atoms with Gasteiger partial charge in [-0.1, -0.05) is 30.8 Å². The third-order valence-corrected chi connectivity index (χ3v) is 3.95. The van der Waals surface area contributed by atoms with E-state index in [2.05, 4.69) is 25.8 Å². The number of carbonyl (C=O) groups is 1. The lowest BCUT2D eigenvalue weighted by Crippen LogP contribution is -2.21. The second-order valence-electron chi connectivity index (χ2n) is 5.88. The molecule has 122 valence electrons. The first-order valence-corrected chi connectivity index (χ1v) is 8.05. The number of nitrogens with zero attached hydrogens (tertiary/aromatic N) is 3. The third kappa shape index (κ3) is 4.28. The Balaban J connectivity index is 1.65. The minimum atomic E-state index is -0.329. The molecule has 1 aliphatic carbocycles. The quantitative estimate of drug-likeness (QED) is 0.842. The van der Waals surface area contributed by atoms with Gasteiger partial charge in [0.05, 0.1) is 0 Å². The van der Waals surface area contributed by atoms with Crippen molar-refractivity contribution in [1.82, 2.24) is 15.1 Å². The van der Waals surface area contributed by atoms with E-state index >= 15 is 0 Å². The fourth-order valence-electron chi connectivity index (χ4n) is 2.77. The van der Waals surface area contributed by atoms with Gasteiger partial charge in [0.1, 0.15) is 11.5 Å². The van der Waals surface area contributed by atoms with Gasteiger partial charge in [0.2, 0.25) is 5.95 Å². The van der Waals surface area contributed by atoms with Gasteiger partial charge in [-0.2, -0.15) is 0 Å². The van der Waals surface area contributed by atoms with Crippen LogP contribution in [0.5, 0.6) is 0 Å². The van der Waals surface area contributed by atoms with Gasteiger partial charge >= 0.3 is 0 Å². The maximum Gasteiger partial charge on any atom is 0.275 e. The Bertz CT molecular complexity index is 662. The van der Waals surface area contributed by atoms with Crippen molar-refractivity contribution in [3.05, 3.63) is 29.8 Å². The molecule has 0 saturated heterocycles. The van der Waals surface area contributed by atoms with Gasteiger partial charge in [-0.05, 0) is 25.8 Å². The standard InChI is InChI=1S/C16H21N5O2/c1-11-10-14(21-23-11)20-15(22)13-8-9-17-16(19-13)18-12-6-4-2-3-5-7-12/h8-10,12H,2-7H2,1H3,(H,17,18,19)(H,20,21,22). The molecule has 1 saturated carbocycles. The van der Waals surface area contributed by atoms with Gasteiger partial charge in [-0.15, -0.1) is 0 Å². The molecule has 3 rings (SSSR count). The monoisotopic (exact) mass is 315 g/mol. The van der Waals surface area contributed by atoms with Crippen LogP contribution in [0.15, 0.2) is 22.9 Å². The predicted octanol–water partition coefficient (Wildman–Crippen LogP) is 3.16. The van der Waals surface area contributed by atoms with Gasteiger partial charge in [0.25, 0.3) is 5.91 Å². The van der Waals surface area contributed by atoms with Crippen molar-refractivity contribution in [1.29, 1.82) is 0 Å². The van der Waals surface area contributed by atoms with E-state index in [1.165, 1.54) is 25.7 Å². The maximum atomic E-state index is 12.2. The van der Waals surface area contributed by atoms with Gasteiger partial charge < -0.3 is 15.2 Å². The minimum Gasteiger partial charge on any atom is -0.360 e. The van der Waals surface area contributed by atoms with Crippen LogP contribution in [0.1, 0.15) is 54.8 Å². The van der Waals surface area contributed by atoms with E-state index in [1.807, 2.05) is 0 Å². The molecule has 2 aromatic heterocycles. The highest BCUT2D eigenvalue weighted by Crippen LogP contribution is 2.19. The van der Waals surface area contributed by atoms with Crippen molar-refractivity contribution < 1.29 is 9.32 Å². The van der Waals surface area contributed by atoms with Crippen molar-refractivity contribution in [3.63, 3.8) is 0 Å². The Morgan fingerprint density at radius 1 is 1.26 bits per heavy atom. The lowest BCUT2D eigenvalue weighted by atomic mass is 10.1.